The van der Waals surface area contributed by atoms with E-state index in [1.54, 1.807) is 7.11 Å². The van der Waals surface area contributed by atoms with Crippen LogP contribution in [0.2, 0.25) is 0 Å². The third-order valence-corrected chi connectivity index (χ3v) is 4.88. The summed E-state index contributed by atoms with van der Waals surface area (Å²) >= 11 is 0. The van der Waals surface area contributed by atoms with Crippen LogP contribution in [0.25, 0.3) is 0 Å². The fourth-order valence-electron chi connectivity index (χ4n) is 3.50. The summed E-state index contributed by atoms with van der Waals surface area (Å²) in [6, 6.07) is 5.86. The molecule has 1 N–H and O–H groups in total. The number of likely N-dealkylation sites (tertiary alicyclic amines) is 1. The highest BCUT2D eigenvalue weighted by Crippen LogP contribution is 2.38. The molecule has 3 heterocycles. The number of guanidine groups is 1. The molecule has 1 aromatic rings. The molecule has 2 aliphatic rings. The zero-order valence-corrected chi connectivity index (χ0v) is 14.8. The van der Waals surface area contributed by atoms with Crippen molar-refractivity contribution in [2.75, 3.05) is 46.5 Å². The Bertz CT molecular complexity index is 570. The van der Waals surface area contributed by atoms with Gasteiger partial charge >= 0.3 is 0 Å². The smallest absolute Gasteiger partial charge is 0.213 e. The number of ether oxygens (including phenoxy) is 2. The molecule has 24 heavy (non-hydrogen) atoms. The van der Waals surface area contributed by atoms with Gasteiger partial charge in [-0.05, 0) is 25.8 Å². The Morgan fingerprint density at radius 2 is 2.38 bits per heavy atom. The Morgan fingerprint density at radius 1 is 1.46 bits per heavy atom. The first-order valence-electron chi connectivity index (χ1n) is 8.86. The molecule has 2 aliphatic heterocycles. The fourth-order valence-corrected chi connectivity index (χ4v) is 3.50. The van der Waals surface area contributed by atoms with E-state index in [1.807, 2.05) is 18.2 Å². The van der Waals surface area contributed by atoms with Gasteiger partial charge in [0.25, 0.3) is 0 Å². The van der Waals surface area contributed by atoms with Crippen LogP contribution in [0.3, 0.4) is 0 Å². The van der Waals surface area contributed by atoms with E-state index < -0.39 is 0 Å². The van der Waals surface area contributed by atoms with Gasteiger partial charge in [0.2, 0.25) is 5.88 Å². The van der Waals surface area contributed by atoms with Gasteiger partial charge in [-0.15, -0.1) is 0 Å². The van der Waals surface area contributed by atoms with Crippen molar-refractivity contribution in [2.24, 2.45) is 10.4 Å². The van der Waals surface area contributed by atoms with Gasteiger partial charge in [-0.2, -0.15) is 0 Å². The molecule has 1 spiro atoms. The van der Waals surface area contributed by atoms with E-state index in [-0.39, 0.29) is 0 Å². The average molecular weight is 332 g/mol. The number of nitrogens with zero attached hydrogens (tertiary/aromatic N) is 3. The van der Waals surface area contributed by atoms with Crippen LogP contribution in [-0.2, 0) is 11.2 Å². The SMILES string of the molecule is CCNC(=NCCc1cccc(OC)n1)N1CCC2(CCOC2)C1. The van der Waals surface area contributed by atoms with Crippen LogP contribution in [0.4, 0.5) is 0 Å². The van der Waals surface area contributed by atoms with Crippen molar-refractivity contribution in [1.29, 1.82) is 0 Å². The molecule has 2 saturated heterocycles. The maximum Gasteiger partial charge on any atom is 0.213 e. The molecule has 0 aliphatic carbocycles. The van der Waals surface area contributed by atoms with Gasteiger partial charge < -0.3 is 19.7 Å². The van der Waals surface area contributed by atoms with Crippen molar-refractivity contribution in [1.82, 2.24) is 15.2 Å². The first kappa shape index (κ1) is 17.0. The normalized spacial score (nSPS) is 23.9. The van der Waals surface area contributed by atoms with Crippen molar-refractivity contribution < 1.29 is 9.47 Å². The summed E-state index contributed by atoms with van der Waals surface area (Å²) in [6.07, 6.45) is 3.19. The molecule has 0 saturated carbocycles. The van der Waals surface area contributed by atoms with Gasteiger partial charge in [-0.25, -0.2) is 4.98 Å². The van der Waals surface area contributed by atoms with Crippen LogP contribution in [0.1, 0.15) is 25.5 Å². The molecule has 6 nitrogen and oxygen atoms in total. The van der Waals surface area contributed by atoms with Gasteiger partial charge in [-0.3, -0.25) is 4.99 Å². The van der Waals surface area contributed by atoms with Crippen LogP contribution in [0, 0.1) is 5.41 Å². The number of rotatable bonds is 5. The van der Waals surface area contributed by atoms with E-state index in [0.717, 1.165) is 57.5 Å². The van der Waals surface area contributed by atoms with Crippen LogP contribution in [0.5, 0.6) is 5.88 Å². The van der Waals surface area contributed by atoms with Crippen molar-refractivity contribution >= 4 is 5.96 Å². The fraction of sp³-hybridized carbons (Fsp3) is 0.667. The minimum atomic E-state index is 0.352. The molecule has 0 aromatic carbocycles. The summed E-state index contributed by atoms with van der Waals surface area (Å²) in [7, 11) is 1.64. The molecular weight excluding hydrogens is 304 g/mol. The van der Waals surface area contributed by atoms with E-state index in [2.05, 4.69) is 22.1 Å². The molecule has 6 heteroatoms. The molecule has 132 valence electrons. The Hall–Kier alpha value is -1.82. The lowest BCUT2D eigenvalue weighted by Crippen LogP contribution is -2.41. The summed E-state index contributed by atoms with van der Waals surface area (Å²) in [5, 5.41) is 3.43. The third-order valence-electron chi connectivity index (χ3n) is 4.88. The average Bonchev–Trinajstić information content (AvgIpc) is 3.24. The second-order valence-electron chi connectivity index (χ2n) is 6.63. The van der Waals surface area contributed by atoms with Gasteiger partial charge in [0.1, 0.15) is 0 Å². The second-order valence-corrected chi connectivity index (χ2v) is 6.63. The molecule has 1 aromatic heterocycles. The van der Waals surface area contributed by atoms with Gasteiger partial charge in [0.15, 0.2) is 5.96 Å². The summed E-state index contributed by atoms with van der Waals surface area (Å²) in [5.41, 5.74) is 1.36. The molecule has 3 rings (SSSR count). The highest BCUT2D eigenvalue weighted by atomic mass is 16.5. The van der Waals surface area contributed by atoms with Crippen LogP contribution in [0.15, 0.2) is 23.2 Å². The number of pyridine rings is 1. The number of nitrogens with one attached hydrogen (secondary N) is 1. The second kappa shape index (κ2) is 7.83. The Morgan fingerprint density at radius 3 is 3.12 bits per heavy atom. The number of hydrogen-bond acceptors (Lipinski definition) is 4. The van der Waals surface area contributed by atoms with E-state index in [4.69, 9.17) is 14.5 Å². The molecule has 0 amide bonds. The number of methoxy groups -OCH3 is 1. The highest BCUT2D eigenvalue weighted by Gasteiger charge is 2.42. The molecule has 1 unspecified atom stereocenters. The van der Waals surface area contributed by atoms with Gasteiger partial charge in [0, 0.05) is 56.4 Å². The zero-order valence-electron chi connectivity index (χ0n) is 14.8. The van der Waals surface area contributed by atoms with Crippen LogP contribution in [-0.4, -0.2) is 62.3 Å². The Kier molecular flexibility index (Phi) is 5.56. The van der Waals surface area contributed by atoms with E-state index in [0.29, 0.717) is 11.3 Å². The Balaban J connectivity index is 1.59. The minimum Gasteiger partial charge on any atom is -0.481 e. The van der Waals surface area contributed by atoms with Crippen molar-refractivity contribution in [2.45, 2.75) is 26.2 Å². The van der Waals surface area contributed by atoms with Crippen molar-refractivity contribution in [3.63, 3.8) is 0 Å². The summed E-state index contributed by atoms with van der Waals surface area (Å²) < 4.78 is 10.8. The maximum absolute atomic E-state index is 5.62. The van der Waals surface area contributed by atoms with Crippen LogP contribution >= 0.6 is 0 Å². The highest BCUT2D eigenvalue weighted by molar-refractivity contribution is 5.80. The van der Waals surface area contributed by atoms with Crippen LogP contribution < -0.4 is 10.1 Å². The standard InChI is InChI=1S/C18H28N4O2/c1-3-19-17(22-11-8-18(13-22)9-12-24-14-18)20-10-7-15-5-4-6-16(21-15)23-2/h4-6H,3,7-14H2,1-2H3,(H,19,20). The molecule has 2 fully saturated rings. The topological polar surface area (TPSA) is 59.0 Å². The minimum absolute atomic E-state index is 0.352. The predicted molar refractivity (Wildman–Crippen MR) is 94.5 cm³/mol. The zero-order chi connectivity index (χ0) is 16.8. The quantitative estimate of drug-likeness (QED) is 0.657. The van der Waals surface area contributed by atoms with E-state index in [9.17, 15) is 0 Å². The predicted octanol–water partition coefficient (Wildman–Crippen LogP) is 1.71. The first-order valence-corrected chi connectivity index (χ1v) is 8.86. The van der Waals surface area contributed by atoms with Crippen molar-refractivity contribution in [3.05, 3.63) is 23.9 Å². The van der Waals surface area contributed by atoms with E-state index in [1.165, 1.54) is 12.8 Å². The Labute approximate surface area is 144 Å². The van der Waals surface area contributed by atoms with E-state index >= 15 is 0 Å². The van der Waals surface area contributed by atoms with Gasteiger partial charge in [-0.1, -0.05) is 6.07 Å². The number of hydrogen-bond donors (Lipinski definition) is 1. The summed E-state index contributed by atoms with van der Waals surface area (Å²) in [6.45, 7) is 7.64. The molecule has 1 atom stereocenters. The number of aliphatic imine (C=N–C) groups is 1. The lowest BCUT2D eigenvalue weighted by molar-refractivity contribution is 0.156. The van der Waals surface area contributed by atoms with Crippen molar-refractivity contribution in [3.8, 4) is 5.88 Å². The molecular formula is C18H28N4O2. The number of aromatic nitrogens is 1. The maximum atomic E-state index is 5.62. The summed E-state index contributed by atoms with van der Waals surface area (Å²) in [4.78, 5) is 11.6. The molecule has 0 bridgehead atoms. The third kappa shape index (κ3) is 3.98. The monoisotopic (exact) mass is 332 g/mol. The van der Waals surface area contributed by atoms with Gasteiger partial charge in [0.05, 0.1) is 13.7 Å². The molecule has 0 radical (unpaired) electrons. The largest absolute Gasteiger partial charge is 0.481 e. The lowest BCUT2D eigenvalue weighted by Gasteiger charge is -2.25. The first-order chi connectivity index (χ1) is 11.7. The summed E-state index contributed by atoms with van der Waals surface area (Å²) in [5.74, 6) is 1.68. The lowest BCUT2D eigenvalue weighted by atomic mass is 9.87.